The first-order chi connectivity index (χ1) is 13.0. The minimum Gasteiger partial charge on any atom is -0.427 e. The van der Waals surface area contributed by atoms with Crippen molar-refractivity contribution in [1.82, 2.24) is 0 Å². The third-order valence-electron chi connectivity index (χ3n) is 4.32. The van der Waals surface area contributed by atoms with E-state index in [0.29, 0.717) is 27.7 Å². The van der Waals surface area contributed by atoms with Gasteiger partial charge in [0, 0.05) is 17.5 Å². The van der Waals surface area contributed by atoms with Crippen LogP contribution in [-0.4, -0.2) is 29.6 Å². The van der Waals surface area contributed by atoms with Crippen molar-refractivity contribution in [2.75, 3.05) is 4.90 Å². The second-order valence-electron chi connectivity index (χ2n) is 6.06. The van der Waals surface area contributed by atoms with Gasteiger partial charge in [-0.3, -0.25) is 14.4 Å². The molecule has 136 valence electrons. The predicted molar refractivity (Wildman–Crippen MR) is 96.6 cm³/mol. The van der Waals surface area contributed by atoms with Crippen molar-refractivity contribution in [3.8, 4) is 5.75 Å². The third kappa shape index (κ3) is 2.86. The molecule has 2 aromatic carbocycles. The minimum absolute atomic E-state index is 0.320. The van der Waals surface area contributed by atoms with Crippen molar-refractivity contribution >= 4 is 40.8 Å². The molecule has 0 radical (unpaired) electrons. The molecule has 8 heteroatoms. The van der Waals surface area contributed by atoms with Gasteiger partial charge < -0.3 is 9.57 Å². The number of amides is 2. The van der Waals surface area contributed by atoms with E-state index < -0.39 is 29.8 Å². The average molecular weight is 385 g/mol. The number of hydrogen-bond donors (Lipinski definition) is 0. The fourth-order valence-corrected chi connectivity index (χ4v) is 3.39. The standard InChI is InChI=1S/C19H13ClN2O5/c1-10(23)26-12-8-6-11(7-9-12)22-18(24)15-16(21-27-17(15)19(22)25)13-4-2-3-5-14(13)20/h2-9,15,17H,1H3. The molecule has 2 heterocycles. The second-order valence-corrected chi connectivity index (χ2v) is 6.47. The number of carbonyl (C=O) groups is 3. The van der Waals surface area contributed by atoms with Crippen LogP contribution in [0.3, 0.4) is 0 Å². The van der Waals surface area contributed by atoms with Gasteiger partial charge in [0.1, 0.15) is 17.4 Å². The molecule has 2 aliphatic rings. The maximum atomic E-state index is 13.0. The summed E-state index contributed by atoms with van der Waals surface area (Å²) in [6.07, 6.45) is -1.02. The molecule has 1 fully saturated rings. The summed E-state index contributed by atoms with van der Waals surface area (Å²) >= 11 is 6.20. The average Bonchev–Trinajstić information content (AvgIpc) is 3.17. The van der Waals surface area contributed by atoms with E-state index in [0.717, 1.165) is 4.90 Å². The summed E-state index contributed by atoms with van der Waals surface area (Å²) in [6.45, 7) is 1.29. The van der Waals surface area contributed by atoms with E-state index in [4.69, 9.17) is 21.2 Å². The lowest BCUT2D eigenvalue weighted by Gasteiger charge is -2.16. The number of fused-ring (bicyclic) bond motifs is 1. The van der Waals surface area contributed by atoms with Crippen LogP contribution in [0.1, 0.15) is 12.5 Å². The number of nitrogens with zero attached hydrogens (tertiary/aromatic N) is 2. The van der Waals surface area contributed by atoms with Gasteiger partial charge in [-0.2, -0.15) is 0 Å². The van der Waals surface area contributed by atoms with Crippen molar-refractivity contribution in [2.24, 2.45) is 11.1 Å². The van der Waals surface area contributed by atoms with Crippen LogP contribution in [0.15, 0.2) is 53.7 Å². The highest BCUT2D eigenvalue weighted by molar-refractivity contribution is 6.38. The molecule has 7 nitrogen and oxygen atoms in total. The number of benzene rings is 2. The van der Waals surface area contributed by atoms with Crippen molar-refractivity contribution in [1.29, 1.82) is 0 Å². The molecule has 0 saturated carbocycles. The molecule has 2 atom stereocenters. The SMILES string of the molecule is CC(=O)Oc1ccc(N2C(=O)C3ON=C(c4ccccc4Cl)C3C2=O)cc1. The number of oxime groups is 1. The first kappa shape index (κ1) is 17.2. The van der Waals surface area contributed by atoms with Gasteiger partial charge in [-0.05, 0) is 30.3 Å². The lowest BCUT2D eigenvalue weighted by atomic mass is 9.94. The third-order valence-corrected chi connectivity index (χ3v) is 4.65. The molecular formula is C19H13ClN2O5. The largest absolute Gasteiger partial charge is 0.427 e. The highest BCUT2D eigenvalue weighted by atomic mass is 35.5. The van der Waals surface area contributed by atoms with E-state index in [1.165, 1.54) is 31.2 Å². The topological polar surface area (TPSA) is 85.3 Å². The lowest BCUT2D eigenvalue weighted by Crippen LogP contribution is -2.33. The van der Waals surface area contributed by atoms with Crippen LogP contribution in [0.5, 0.6) is 5.75 Å². The van der Waals surface area contributed by atoms with Crippen LogP contribution in [0.2, 0.25) is 5.02 Å². The minimum atomic E-state index is -1.02. The first-order valence-corrected chi connectivity index (χ1v) is 8.50. The fraction of sp³-hybridized carbons (Fsp3) is 0.158. The number of esters is 1. The molecule has 0 aromatic heterocycles. The quantitative estimate of drug-likeness (QED) is 0.461. The van der Waals surface area contributed by atoms with Crippen LogP contribution in [0.25, 0.3) is 0 Å². The number of rotatable bonds is 3. The van der Waals surface area contributed by atoms with Gasteiger partial charge in [0.25, 0.3) is 5.91 Å². The maximum absolute atomic E-state index is 13.0. The van der Waals surface area contributed by atoms with Gasteiger partial charge in [-0.15, -0.1) is 0 Å². The highest BCUT2D eigenvalue weighted by Gasteiger charge is 2.56. The summed E-state index contributed by atoms with van der Waals surface area (Å²) in [5.74, 6) is -1.94. The number of hydrogen-bond acceptors (Lipinski definition) is 6. The van der Waals surface area contributed by atoms with Crippen molar-refractivity contribution in [3.05, 3.63) is 59.1 Å². The molecule has 4 rings (SSSR count). The summed E-state index contributed by atoms with van der Waals surface area (Å²) in [7, 11) is 0. The van der Waals surface area contributed by atoms with Crippen LogP contribution in [0.4, 0.5) is 5.69 Å². The van der Waals surface area contributed by atoms with Crippen LogP contribution < -0.4 is 9.64 Å². The Labute approximate surface area is 159 Å². The maximum Gasteiger partial charge on any atom is 0.308 e. The van der Waals surface area contributed by atoms with E-state index in [9.17, 15) is 14.4 Å². The Balaban J connectivity index is 1.64. The molecule has 2 amide bonds. The van der Waals surface area contributed by atoms with Gasteiger partial charge in [0.05, 0.1) is 5.69 Å². The number of halogens is 1. The summed E-state index contributed by atoms with van der Waals surface area (Å²) in [5, 5.41) is 4.35. The molecular weight excluding hydrogens is 372 g/mol. The van der Waals surface area contributed by atoms with Gasteiger partial charge in [-0.1, -0.05) is 35.0 Å². The zero-order valence-corrected chi connectivity index (χ0v) is 14.8. The molecule has 0 spiro atoms. The van der Waals surface area contributed by atoms with Gasteiger partial charge in [0.15, 0.2) is 0 Å². The normalized spacial score (nSPS) is 21.0. The Hall–Kier alpha value is -3.19. The van der Waals surface area contributed by atoms with Crippen molar-refractivity contribution in [2.45, 2.75) is 13.0 Å². The predicted octanol–water partition coefficient (Wildman–Crippen LogP) is 2.56. The Morgan fingerprint density at radius 2 is 1.81 bits per heavy atom. The lowest BCUT2D eigenvalue weighted by molar-refractivity contribution is -0.132. The van der Waals surface area contributed by atoms with Crippen LogP contribution in [-0.2, 0) is 19.2 Å². The summed E-state index contributed by atoms with van der Waals surface area (Å²) in [4.78, 5) is 43.0. The van der Waals surface area contributed by atoms with E-state index in [1.807, 2.05) is 0 Å². The zero-order valence-electron chi connectivity index (χ0n) is 14.1. The summed E-state index contributed by atoms with van der Waals surface area (Å²) in [6, 6.07) is 13.0. The van der Waals surface area contributed by atoms with Gasteiger partial charge in [-0.25, -0.2) is 4.90 Å². The second kappa shape index (κ2) is 6.51. The molecule has 2 aliphatic heterocycles. The monoisotopic (exact) mass is 384 g/mol. The number of anilines is 1. The molecule has 0 bridgehead atoms. The molecule has 2 aromatic rings. The Bertz CT molecular complexity index is 986. The zero-order chi connectivity index (χ0) is 19.1. The Morgan fingerprint density at radius 1 is 1.11 bits per heavy atom. The highest BCUT2D eigenvalue weighted by Crippen LogP contribution is 2.36. The van der Waals surface area contributed by atoms with E-state index in [2.05, 4.69) is 5.16 Å². The Kier molecular flexibility index (Phi) is 4.16. The number of ether oxygens (including phenoxy) is 1. The van der Waals surface area contributed by atoms with E-state index in [-0.39, 0.29) is 0 Å². The summed E-state index contributed by atoms with van der Waals surface area (Å²) < 4.78 is 4.96. The smallest absolute Gasteiger partial charge is 0.308 e. The first-order valence-electron chi connectivity index (χ1n) is 8.12. The fourth-order valence-electron chi connectivity index (χ4n) is 3.15. The van der Waals surface area contributed by atoms with E-state index >= 15 is 0 Å². The molecule has 2 unspecified atom stereocenters. The van der Waals surface area contributed by atoms with Crippen molar-refractivity contribution in [3.63, 3.8) is 0 Å². The molecule has 27 heavy (non-hydrogen) atoms. The molecule has 0 aliphatic carbocycles. The van der Waals surface area contributed by atoms with E-state index in [1.54, 1.807) is 24.3 Å². The number of carbonyl (C=O) groups excluding carboxylic acids is 3. The van der Waals surface area contributed by atoms with Gasteiger partial charge in [0.2, 0.25) is 12.0 Å². The van der Waals surface area contributed by atoms with Gasteiger partial charge >= 0.3 is 5.97 Å². The molecule has 1 saturated heterocycles. The Morgan fingerprint density at radius 3 is 2.48 bits per heavy atom. The molecule has 0 N–H and O–H groups in total. The van der Waals surface area contributed by atoms with Crippen LogP contribution >= 0.6 is 11.6 Å². The van der Waals surface area contributed by atoms with Crippen LogP contribution in [0, 0.1) is 5.92 Å². The van der Waals surface area contributed by atoms with Crippen molar-refractivity contribution < 1.29 is 24.0 Å². The summed E-state index contributed by atoms with van der Waals surface area (Å²) in [5.41, 5.74) is 1.25. The number of imide groups is 1.